The number of hydrogen-bond donors (Lipinski definition) is 1. The minimum Gasteiger partial charge on any atom is -0.311 e. The maximum atomic E-state index is 3.80. The van der Waals surface area contributed by atoms with E-state index in [9.17, 15) is 0 Å². The lowest BCUT2D eigenvalue weighted by Gasteiger charge is -2.47. The van der Waals surface area contributed by atoms with E-state index in [0.29, 0.717) is 17.5 Å². The molecule has 0 spiro atoms. The average molecular weight is 373 g/mol. The summed E-state index contributed by atoms with van der Waals surface area (Å²) < 4.78 is 1.23. The van der Waals surface area contributed by atoms with E-state index in [1.165, 1.54) is 15.1 Å². The van der Waals surface area contributed by atoms with Gasteiger partial charge in [0.05, 0.1) is 3.79 Å². The first-order valence-corrected chi connectivity index (χ1v) is 9.64. The molecule has 2 nitrogen and oxygen atoms in total. The van der Waals surface area contributed by atoms with Gasteiger partial charge in [0.1, 0.15) is 0 Å². The van der Waals surface area contributed by atoms with Gasteiger partial charge in [-0.05, 0) is 39.4 Å². The maximum absolute atomic E-state index is 3.80. The van der Waals surface area contributed by atoms with E-state index in [1.54, 1.807) is 0 Å². The van der Waals surface area contributed by atoms with Crippen molar-refractivity contribution in [3.63, 3.8) is 0 Å². The van der Waals surface area contributed by atoms with Gasteiger partial charge in [0, 0.05) is 36.6 Å². The highest BCUT2D eigenvalue weighted by Crippen LogP contribution is 2.31. The van der Waals surface area contributed by atoms with E-state index >= 15 is 0 Å². The zero-order valence-electron chi connectivity index (χ0n) is 13.9. The zero-order valence-corrected chi connectivity index (χ0v) is 16.4. The average Bonchev–Trinajstić information content (AvgIpc) is 2.82. The van der Waals surface area contributed by atoms with Gasteiger partial charge in [-0.3, -0.25) is 4.90 Å². The second-order valence-corrected chi connectivity index (χ2v) is 9.96. The third-order valence-corrected chi connectivity index (χ3v) is 6.37. The highest BCUT2D eigenvalue weighted by Gasteiger charge is 2.36. The molecule has 0 amide bonds. The minimum atomic E-state index is 0.307. The second kappa shape index (κ2) is 7.12. The van der Waals surface area contributed by atoms with Crippen LogP contribution in [0.25, 0.3) is 0 Å². The van der Waals surface area contributed by atoms with Gasteiger partial charge in [-0.15, -0.1) is 11.3 Å². The van der Waals surface area contributed by atoms with E-state index in [2.05, 4.69) is 72.9 Å². The van der Waals surface area contributed by atoms with Crippen molar-refractivity contribution in [3.8, 4) is 0 Å². The van der Waals surface area contributed by atoms with Crippen LogP contribution in [0.4, 0.5) is 0 Å². The normalized spacial score (nSPS) is 26.0. The summed E-state index contributed by atoms with van der Waals surface area (Å²) in [6.45, 7) is 15.1. The molecule has 1 fully saturated rings. The first-order valence-electron chi connectivity index (χ1n) is 8.03. The Morgan fingerprint density at radius 1 is 1.43 bits per heavy atom. The van der Waals surface area contributed by atoms with E-state index in [-0.39, 0.29) is 0 Å². The predicted molar refractivity (Wildman–Crippen MR) is 96.9 cm³/mol. The quantitative estimate of drug-likeness (QED) is 0.820. The van der Waals surface area contributed by atoms with E-state index in [4.69, 9.17) is 0 Å². The number of halogens is 1. The van der Waals surface area contributed by atoms with Crippen LogP contribution in [0.5, 0.6) is 0 Å². The van der Waals surface area contributed by atoms with Gasteiger partial charge in [0.25, 0.3) is 0 Å². The fourth-order valence-corrected chi connectivity index (χ4v) is 4.68. The molecule has 4 heteroatoms. The molecule has 3 atom stereocenters. The maximum Gasteiger partial charge on any atom is 0.0701 e. The smallest absolute Gasteiger partial charge is 0.0701 e. The van der Waals surface area contributed by atoms with Gasteiger partial charge in [-0.25, -0.2) is 0 Å². The van der Waals surface area contributed by atoms with Crippen molar-refractivity contribution in [2.45, 2.75) is 59.7 Å². The molecule has 0 aliphatic carbocycles. The van der Waals surface area contributed by atoms with E-state index in [1.807, 2.05) is 11.3 Å². The minimum absolute atomic E-state index is 0.307. The third kappa shape index (κ3) is 4.54. The van der Waals surface area contributed by atoms with Gasteiger partial charge in [0.2, 0.25) is 0 Å². The van der Waals surface area contributed by atoms with Crippen molar-refractivity contribution in [3.05, 3.63) is 20.8 Å². The number of rotatable bonds is 4. The summed E-state index contributed by atoms with van der Waals surface area (Å²) in [5.41, 5.74) is 0.307. The monoisotopic (exact) mass is 372 g/mol. The summed E-state index contributed by atoms with van der Waals surface area (Å²) in [6, 6.07) is 5.64. The Bertz CT molecular complexity index is 452. The Hall–Kier alpha value is 0.1000. The molecular formula is C17H29BrN2S. The number of thiophene rings is 1. The predicted octanol–water partition coefficient (Wildman–Crippen LogP) is 4.75. The lowest BCUT2D eigenvalue weighted by Crippen LogP contribution is -2.61. The third-order valence-electron chi connectivity index (χ3n) is 4.76. The summed E-state index contributed by atoms with van der Waals surface area (Å²) in [5.74, 6) is 0.739. The Labute approximate surface area is 142 Å². The van der Waals surface area contributed by atoms with Crippen molar-refractivity contribution in [1.29, 1.82) is 0 Å². The van der Waals surface area contributed by atoms with Crippen LogP contribution < -0.4 is 5.32 Å². The molecule has 1 aliphatic rings. The van der Waals surface area contributed by atoms with Crippen LogP contribution in [0.1, 0.15) is 45.9 Å². The molecular weight excluding hydrogens is 344 g/mol. The molecule has 2 rings (SSSR count). The standard InChI is InChI=1S/C17H29BrN2S/c1-6-12(2)14-11-20(10-13-7-8-16(18)21-13)15(9-19-14)17(3,4)5/h7-8,12,14-15,19H,6,9-11H2,1-5H3. The Morgan fingerprint density at radius 3 is 2.67 bits per heavy atom. The van der Waals surface area contributed by atoms with E-state index < -0.39 is 0 Å². The first kappa shape index (κ1) is 17.5. The molecule has 120 valence electrons. The molecule has 3 unspecified atom stereocenters. The van der Waals surface area contributed by atoms with Crippen LogP contribution in [0.3, 0.4) is 0 Å². The van der Waals surface area contributed by atoms with Gasteiger partial charge < -0.3 is 5.32 Å². The van der Waals surface area contributed by atoms with E-state index in [0.717, 1.165) is 25.6 Å². The molecule has 1 aliphatic heterocycles. The summed E-state index contributed by atoms with van der Waals surface area (Å²) in [6.07, 6.45) is 1.25. The Kier molecular flexibility index (Phi) is 5.91. The number of hydrogen-bond acceptors (Lipinski definition) is 3. The molecule has 0 bridgehead atoms. The molecule has 1 saturated heterocycles. The SMILES string of the molecule is CCC(C)C1CN(Cc2ccc(Br)s2)C(C(C)(C)C)CN1. The topological polar surface area (TPSA) is 15.3 Å². The van der Waals surface area contributed by atoms with Gasteiger partial charge in [-0.2, -0.15) is 0 Å². The molecule has 21 heavy (non-hydrogen) atoms. The van der Waals surface area contributed by atoms with Crippen LogP contribution in [-0.4, -0.2) is 30.1 Å². The summed E-state index contributed by atoms with van der Waals surface area (Å²) in [7, 11) is 0. The van der Waals surface area contributed by atoms with Crippen molar-refractivity contribution in [2.24, 2.45) is 11.3 Å². The van der Waals surface area contributed by atoms with Crippen molar-refractivity contribution in [1.82, 2.24) is 10.2 Å². The zero-order chi connectivity index (χ0) is 15.6. The molecule has 2 heterocycles. The van der Waals surface area contributed by atoms with Crippen LogP contribution in [0.2, 0.25) is 0 Å². The molecule has 1 aromatic rings. The lowest BCUT2D eigenvalue weighted by atomic mass is 9.82. The van der Waals surface area contributed by atoms with Crippen LogP contribution in [-0.2, 0) is 6.54 Å². The van der Waals surface area contributed by atoms with Gasteiger partial charge >= 0.3 is 0 Å². The number of piperazine rings is 1. The first-order chi connectivity index (χ1) is 9.81. The Balaban J connectivity index is 2.12. The largest absolute Gasteiger partial charge is 0.311 e. The fourth-order valence-electron chi connectivity index (χ4n) is 3.17. The molecule has 0 aromatic carbocycles. The summed E-state index contributed by atoms with van der Waals surface area (Å²) >= 11 is 5.45. The fraction of sp³-hybridized carbons (Fsp3) is 0.765. The molecule has 1 N–H and O–H groups in total. The van der Waals surface area contributed by atoms with Crippen LogP contribution in [0, 0.1) is 11.3 Å². The lowest BCUT2D eigenvalue weighted by molar-refractivity contribution is 0.0386. The van der Waals surface area contributed by atoms with Crippen molar-refractivity contribution >= 4 is 27.3 Å². The second-order valence-electron chi connectivity index (χ2n) is 7.42. The Morgan fingerprint density at radius 2 is 2.14 bits per heavy atom. The van der Waals surface area contributed by atoms with Crippen LogP contribution >= 0.6 is 27.3 Å². The summed E-state index contributed by atoms with van der Waals surface area (Å²) in [5, 5.41) is 3.80. The molecule has 0 radical (unpaired) electrons. The van der Waals surface area contributed by atoms with Gasteiger partial charge in [-0.1, -0.05) is 41.0 Å². The summed E-state index contributed by atoms with van der Waals surface area (Å²) in [4.78, 5) is 4.16. The molecule has 1 aromatic heterocycles. The highest BCUT2D eigenvalue weighted by atomic mass is 79.9. The van der Waals surface area contributed by atoms with Crippen molar-refractivity contribution in [2.75, 3.05) is 13.1 Å². The van der Waals surface area contributed by atoms with Crippen LogP contribution in [0.15, 0.2) is 15.9 Å². The highest BCUT2D eigenvalue weighted by molar-refractivity contribution is 9.11. The number of nitrogens with zero attached hydrogens (tertiary/aromatic N) is 1. The number of nitrogens with one attached hydrogen (secondary N) is 1. The van der Waals surface area contributed by atoms with Gasteiger partial charge in [0.15, 0.2) is 0 Å². The van der Waals surface area contributed by atoms with Crippen molar-refractivity contribution < 1.29 is 0 Å². The molecule has 0 saturated carbocycles.